The second-order valence-electron chi connectivity index (χ2n) is 5.80. The van der Waals surface area contributed by atoms with Crippen molar-refractivity contribution in [3.05, 3.63) is 12.2 Å². The fraction of sp³-hybridized carbons (Fsp3) is 0.786. The van der Waals surface area contributed by atoms with Crippen molar-refractivity contribution in [3.63, 3.8) is 0 Å². The van der Waals surface area contributed by atoms with Crippen LogP contribution in [0.2, 0.25) is 6.04 Å². The molecule has 0 spiro atoms. The van der Waals surface area contributed by atoms with Gasteiger partial charge in [-0.2, -0.15) is 0 Å². The van der Waals surface area contributed by atoms with Crippen molar-refractivity contribution in [2.24, 2.45) is 17.3 Å². The van der Waals surface area contributed by atoms with Crippen molar-refractivity contribution >= 4 is 14.8 Å². The fourth-order valence-electron chi connectivity index (χ4n) is 3.77. The summed E-state index contributed by atoms with van der Waals surface area (Å²) in [7, 11) is 2.18. The Bertz CT molecular complexity index is 385. The lowest BCUT2D eigenvalue weighted by molar-refractivity contribution is -0.151. The summed E-state index contributed by atoms with van der Waals surface area (Å²) in [6.07, 6.45) is 7.45. The lowest BCUT2D eigenvalue weighted by Gasteiger charge is -2.32. The summed E-state index contributed by atoms with van der Waals surface area (Å²) >= 11 is 0. The predicted molar refractivity (Wildman–Crippen MR) is 76.2 cm³/mol. The molecule has 1 fully saturated rings. The summed E-state index contributed by atoms with van der Waals surface area (Å²) < 4.78 is 16.2. The lowest BCUT2D eigenvalue weighted by atomic mass is 9.72. The van der Waals surface area contributed by atoms with Crippen LogP contribution in [0.15, 0.2) is 12.2 Å². The minimum atomic E-state index is -2.59. The molecule has 0 heterocycles. The van der Waals surface area contributed by atoms with E-state index in [0.29, 0.717) is 18.4 Å². The zero-order chi connectivity index (χ0) is 14.8. The van der Waals surface area contributed by atoms with Gasteiger partial charge in [0.2, 0.25) is 0 Å². The third-order valence-electron chi connectivity index (χ3n) is 4.97. The zero-order valence-electron chi connectivity index (χ0n) is 12.4. The number of hydrogen-bond acceptors (Lipinski definition) is 4. The van der Waals surface area contributed by atoms with Crippen molar-refractivity contribution in [2.75, 3.05) is 21.3 Å². The number of hydrogen-bond donors (Lipinski definition) is 1. The number of rotatable bonds is 8. The van der Waals surface area contributed by atoms with Crippen LogP contribution in [0.1, 0.15) is 25.7 Å². The smallest absolute Gasteiger partial charge is 0.481 e. The van der Waals surface area contributed by atoms with Gasteiger partial charge in [-0.25, -0.2) is 0 Å². The lowest BCUT2D eigenvalue weighted by Crippen LogP contribution is -2.43. The third-order valence-corrected chi connectivity index (χ3v) is 7.81. The number of carboxylic acids is 1. The quantitative estimate of drug-likeness (QED) is 0.550. The maximum absolute atomic E-state index is 11.8. The number of allylic oxidation sites excluding steroid dienone is 2. The Labute approximate surface area is 121 Å². The first-order valence-electron chi connectivity index (χ1n) is 7.09. The number of carboxylic acid groups (broad SMARTS) is 1. The summed E-state index contributed by atoms with van der Waals surface area (Å²) in [5.74, 6) is -0.0204. The molecule has 3 unspecified atom stereocenters. The summed E-state index contributed by atoms with van der Waals surface area (Å²) in [5, 5.41) is 9.67. The molecule has 2 bridgehead atoms. The van der Waals surface area contributed by atoms with E-state index in [-0.39, 0.29) is 5.92 Å². The van der Waals surface area contributed by atoms with Crippen molar-refractivity contribution in [3.8, 4) is 0 Å². The SMILES string of the molecule is CO[Si](CCCC1(C(=O)O)CC2C=CC1C2)(OC)OC. The first kappa shape index (κ1) is 15.7. The maximum atomic E-state index is 11.8. The highest BCUT2D eigenvalue weighted by Gasteiger charge is 2.53. The molecule has 2 rings (SSSR count). The molecule has 0 amide bonds. The number of carbonyl (C=O) groups is 1. The second kappa shape index (κ2) is 5.97. The second-order valence-corrected chi connectivity index (χ2v) is 8.89. The topological polar surface area (TPSA) is 65.0 Å². The van der Waals surface area contributed by atoms with Gasteiger partial charge < -0.3 is 18.4 Å². The van der Waals surface area contributed by atoms with Crippen LogP contribution in [0, 0.1) is 17.3 Å². The molecular formula is C14H24O5Si. The molecule has 0 radical (unpaired) electrons. The predicted octanol–water partition coefficient (Wildman–Crippen LogP) is 2.31. The molecule has 1 saturated carbocycles. The van der Waals surface area contributed by atoms with E-state index in [1.165, 1.54) is 0 Å². The van der Waals surface area contributed by atoms with Gasteiger partial charge in [0.05, 0.1) is 5.41 Å². The largest absolute Gasteiger partial charge is 0.500 e. The third kappa shape index (κ3) is 2.57. The van der Waals surface area contributed by atoms with E-state index >= 15 is 0 Å². The highest BCUT2D eigenvalue weighted by atomic mass is 28.4. The van der Waals surface area contributed by atoms with Gasteiger partial charge in [-0.1, -0.05) is 12.2 Å². The Morgan fingerprint density at radius 3 is 2.35 bits per heavy atom. The van der Waals surface area contributed by atoms with Crippen molar-refractivity contribution < 1.29 is 23.2 Å². The molecule has 6 heteroatoms. The highest BCUT2D eigenvalue weighted by molar-refractivity contribution is 6.60. The minimum absolute atomic E-state index is 0.189. The molecule has 5 nitrogen and oxygen atoms in total. The molecule has 2 aliphatic carbocycles. The molecule has 3 atom stereocenters. The minimum Gasteiger partial charge on any atom is -0.481 e. The van der Waals surface area contributed by atoms with Crippen LogP contribution in [0.3, 0.4) is 0 Å². The number of aliphatic carboxylic acids is 1. The molecule has 20 heavy (non-hydrogen) atoms. The van der Waals surface area contributed by atoms with Crippen LogP contribution in [0.5, 0.6) is 0 Å². The summed E-state index contributed by atoms with van der Waals surface area (Å²) in [6.45, 7) is 0. The van der Waals surface area contributed by atoms with Gasteiger partial charge in [0.25, 0.3) is 0 Å². The van der Waals surface area contributed by atoms with Gasteiger partial charge in [0.1, 0.15) is 0 Å². The monoisotopic (exact) mass is 300 g/mol. The Hall–Kier alpha value is -0.693. The van der Waals surface area contributed by atoms with Gasteiger partial charge in [-0.3, -0.25) is 4.79 Å². The van der Waals surface area contributed by atoms with Gasteiger partial charge in [0, 0.05) is 27.4 Å². The highest BCUT2D eigenvalue weighted by Crippen LogP contribution is 2.55. The van der Waals surface area contributed by atoms with Gasteiger partial charge in [-0.05, 0) is 37.5 Å². The molecule has 0 aromatic rings. The summed E-state index contributed by atoms with van der Waals surface area (Å²) in [5.41, 5.74) is -0.589. The Balaban J connectivity index is 1.98. The Kier molecular flexibility index (Phi) is 4.68. The van der Waals surface area contributed by atoms with E-state index in [9.17, 15) is 9.90 Å². The molecule has 0 aromatic carbocycles. The van der Waals surface area contributed by atoms with Crippen LogP contribution in [0.4, 0.5) is 0 Å². The van der Waals surface area contributed by atoms with Crippen LogP contribution >= 0.6 is 0 Å². The van der Waals surface area contributed by atoms with E-state index < -0.39 is 20.2 Å². The Morgan fingerprint density at radius 1 is 1.30 bits per heavy atom. The van der Waals surface area contributed by atoms with Crippen LogP contribution < -0.4 is 0 Å². The fourth-order valence-corrected chi connectivity index (χ4v) is 5.49. The first-order valence-corrected chi connectivity index (χ1v) is 9.02. The Morgan fingerprint density at radius 2 is 1.95 bits per heavy atom. The summed E-state index contributed by atoms with van der Waals surface area (Å²) in [6, 6.07) is 0.659. The van der Waals surface area contributed by atoms with E-state index in [1.807, 2.05) is 0 Å². The first-order chi connectivity index (χ1) is 9.52. The van der Waals surface area contributed by atoms with Crippen molar-refractivity contribution in [2.45, 2.75) is 31.7 Å². The van der Waals surface area contributed by atoms with Gasteiger partial charge >= 0.3 is 14.8 Å². The molecule has 0 aromatic heterocycles. The molecule has 1 N–H and O–H groups in total. The maximum Gasteiger partial charge on any atom is 0.500 e. The van der Waals surface area contributed by atoms with Crippen molar-refractivity contribution in [1.82, 2.24) is 0 Å². The van der Waals surface area contributed by atoms with Gasteiger partial charge in [-0.15, -0.1) is 0 Å². The molecule has 0 aliphatic heterocycles. The van der Waals surface area contributed by atoms with Crippen molar-refractivity contribution in [1.29, 1.82) is 0 Å². The molecule has 0 saturated heterocycles. The van der Waals surface area contributed by atoms with E-state index in [0.717, 1.165) is 19.3 Å². The van der Waals surface area contributed by atoms with E-state index in [1.54, 1.807) is 21.3 Å². The van der Waals surface area contributed by atoms with Crippen LogP contribution in [-0.2, 0) is 18.1 Å². The van der Waals surface area contributed by atoms with Crippen LogP contribution in [-0.4, -0.2) is 41.2 Å². The number of fused-ring (bicyclic) bond motifs is 2. The van der Waals surface area contributed by atoms with Gasteiger partial charge in [0.15, 0.2) is 0 Å². The molecular weight excluding hydrogens is 276 g/mol. The van der Waals surface area contributed by atoms with E-state index in [4.69, 9.17) is 13.3 Å². The molecule has 2 aliphatic rings. The normalized spacial score (nSPS) is 31.9. The average molecular weight is 300 g/mol. The average Bonchev–Trinajstić information content (AvgIpc) is 3.05. The van der Waals surface area contributed by atoms with E-state index in [2.05, 4.69) is 12.2 Å². The summed E-state index contributed by atoms with van der Waals surface area (Å²) in [4.78, 5) is 11.8. The zero-order valence-corrected chi connectivity index (χ0v) is 13.4. The van der Waals surface area contributed by atoms with Crippen LogP contribution in [0.25, 0.3) is 0 Å². The standard InChI is InChI=1S/C14H24O5Si/c1-17-20(18-2,19-3)8-4-7-14(13(15)16)10-11-5-6-12(14)9-11/h5-6,11-12H,4,7-10H2,1-3H3,(H,15,16). The molecule has 114 valence electrons.